The van der Waals surface area contributed by atoms with E-state index in [9.17, 15) is 13.2 Å². The maximum absolute atomic E-state index is 12.7. The molecule has 10 heteroatoms. The van der Waals surface area contributed by atoms with Gasteiger partial charge in [0.1, 0.15) is 4.90 Å². The van der Waals surface area contributed by atoms with Gasteiger partial charge in [-0.2, -0.15) is 0 Å². The fraction of sp³-hybridized carbons (Fsp3) is 0.381. The van der Waals surface area contributed by atoms with Crippen LogP contribution in [0.1, 0.15) is 6.42 Å². The normalized spacial score (nSPS) is 15.3. The first-order chi connectivity index (χ1) is 14.7. The zero-order valence-electron chi connectivity index (χ0n) is 17.5. The monoisotopic (exact) mass is 484 g/mol. The number of carbonyl (C=O) groups excluding carboxylic acids is 1. The van der Waals surface area contributed by atoms with Gasteiger partial charge in [-0.1, -0.05) is 29.3 Å². The Morgan fingerprint density at radius 3 is 2.35 bits per heavy atom. The third-order valence-electron chi connectivity index (χ3n) is 5.28. The van der Waals surface area contributed by atoms with Gasteiger partial charge in [0, 0.05) is 57.6 Å². The molecule has 168 valence electrons. The number of rotatable bonds is 7. The second kappa shape index (κ2) is 10.2. The van der Waals surface area contributed by atoms with Crippen molar-refractivity contribution in [1.82, 2.24) is 9.21 Å². The molecule has 1 saturated heterocycles. The van der Waals surface area contributed by atoms with Crippen LogP contribution in [0.3, 0.4) is 0 Å². The Kier molecular flexibility index (Phi) is 7.82. The summed E-state index contributed by atoms with van der Waals surface area (Å²) in [6.45, 7) is 4.00. The van der Waals surface area contributed by atoms with Crippen molar-refractivity contribution >= 4 is 50.5 Å². The SMILES string of the molecule is CN1CCN(c2ccc(NC(=O)CCN(C)S(=O)(=O)c3cccc(Cl)c3Cl)cc2)CC1. The molecule has 0 atom stereocenters. The van der Waals surface area contributed by atoms with Gasteiger partial charge in [0.2, 0.25) is 15.9 Å². The van der Waals surface area contributed by atoms with Gasteiger partial charge >= 0.3 is 0 Å². The highest BCUT2D eigenvalue weighted by Crippen LogP contribution is 2.30. The molecule has 0 unspecified atom stereocenters. The van der Waals surface area contributed by atoms with E-state index < -0.39 is 10.0 Å². The number of amides is 1. The first kappa shape index (κ1) is 23.8. The predicted molar refractivity (Wildman–Crippen MR) is 126 cm³/mol. The molecule has 7 nitrogen and oxygen atoms in total. The number of halogens is 2. The second-order valence-electron chi connectivity index (χ2n) is 7.51. The van der Waals surface area contributed by atoms with E-state index in [-0.39, 0.29) is 33.8 Å². The Hall–Kier alpha value is -1.84. The van der Waals surface area contributed by atoms with Gasteiger partial charge in [-0.25, -0.2) is 12.7 Å². The van der Waals surface area contributed by atoms with E-state index in [0.717, 1.165) is 36.2 Å². The molecule has 31 heavy (non-hydrogen) atoms. The molecule has 0 aromatic heterocycles. The average molecular weight is 485 g/mol. The topological polar surface area (TPSA) is 73.0 Å². The van der Waals surface area contributed by atoms with Crippen molar-refractivity contribution in [3.05, 3.63) is 52.5 Å². The van der Waals surface area contributed by atoms with Gasteiger partial charge < -0.3 is 15.1 Å². The van der Waals surface area contributed by atoms with Crippen molar-refractivity contribution < 1.29 is 13.2 Å². The summed E-state index contributed by atoms with van der Waals surface area (Å²) in [5.41, 5.74) is 1.79. The highest BCUT2D eigenvalue weighted by Gasteiger charge is 2.25. The highest BCUT2D eigenvalue weighted by molar-refractivity contribution is 7.89. The molecule has 2 aromatic carbocycles. The standard InChI is InChI=1S/C21H26Cl2N4O3S/c1-25-12-14-27(15-13-25)17-8-6-16(7-9-17)24-20(28)10-11-26(2)31(29,30)19-5-3-4-18(22)21(19)23/h3-9H,10-15H2,1-2H3,(H,24,28). The molecule has 3 rings (SSSR count). The van der Waals surface area contributed by atoms with Crippen molar-refractivity contribution in [3.63, 3.8) is 0 Å². The Morgan fingerprint density at radius 1 is 1.06 bits per heavy atom. The smallest absolute Gasteiger partial charge is 0.244 e. The minimum atomic E-state index is -3.85. The van der Waals surface area contributed by atoms with Crippen LogP contribution in [0.25, 0.3) is 0 Å². The van der Waals surface area contributed by atoms with Crippen molar-refractivity contribution in [2.75, 3.05) is 57.0 Å². The van der Waals surface area contributed by atoms with E-state index in [1.807, 2.05) is 24.3 Å². The minimum Gasteiger partial charge on any atom is -0.369 e. The minimum absolute atomic E-state index is 0.00806. The third-order valence-corrected chi connectivity index (χ3v) is 8.11. The molecule has 1 aliphatic heterocycles. The van der Waals surface area contributed by atoms with Gasteiger partial charge in [0.05, 0.1) is 10.0 Å². The lowest BCUT2D eigenvalue weighted by Gasteiger charge is -2.34. The molecule has 0 bridgehead atoms. The number of anilines is 2. The number of likely N-dealkylation sites (N-methyl/N-ethyl adjacent to an activating group) is 1. The number of nitrogens with one attached hydrogen (secondary N) is 1. The molecular formula is C21H26Cl2N4O3S. The number of sulfonamides is 1. The maximum Gasteiger partial charge on any atom is 0.244 e. The van der Waals surface area contributed by atoms with Crippen LogP contribution in [-0.4, -0.2) is 70.3 Å². The number of benzene rings is 2. The fourth-order valence-electron chi connectivity index (χ4n) is 3.27. The van der Waals surface area contributed by atoms with Gasteiger partial charge in [-0.05, 0) is 43.4 Å². The molecule has 1 amide bonds. The van der Waals surface area contributed by atoms with Crippen molar-refractivity contribution in [2.45, 2.75) is 11.3 Å². The van der Waals surface area contributed by atoms with Crippen LogP contribution in [0.2, 0.25) is 10.0 Å². The van der Waals surface area contributed by atoms with E-state index in [4.69, 9.17) is 23.2 Å². The van der Waals surface area contributed by atoms with Gasteiger partial charge in [0.15, 0.2) is 0 Å². The van der Waals surface area contributed by atoms with Crippen LogP contribution in [-0.2, 0) is 14.8 Å². The number of hydrogen-bond acceptors (Lipinski definition) is 5. The molecule has 1 heterocycles. The molecule has 2 aromatic rings. The van der Waals surface area contributed by atoms with Gasteiger partial charge in [-0.15, -0.1) is 0 Å². The van der Waals surface area contributed by atoms with Crippen LogP contribution in [0.15, 0.2) is 47.4 Å². The van der Waals surface area contributed by atoms with Crippen LogP contribution in [0.4, 0.5) is 11.4 Å². The van der Waals surface area contributed by atoms with E-state index in [1.54, 1.807) is 0 Å². The largest absolute Gasteiger partial charge is 0.369 e. The molecule has 1 aliphatic rings. The second-order valence-corrected chi connectivity index (χ2v) is 10.3. The molecule has 0 spiro atoms. The molecule has 1 N–H and O–H groups in total. The van der Waals surface area contributed by atoms with Crippen molar-refractivity contribution in [3.8, 4) is 0 Å². The predicted octanol–water partition coefficient (Wildman–Crippen LogP) is 3.39. The highest BCUT2D eigenvalue weighted by atomic mass is 35.5. The summed E-state index contributed by atoms with van der Waals surface area (Å²) >= 11 is 12.0. The van der Waals surface area contributed by atoms with Crippen LogP contribution >= 0.6 is 23.2 Å². The number of piperazine rings is 1. The third kappa shape index (κ3) is 5.90. The van der Waals surface area contributed by atoms with Gasteiger partial charge in [0.25, 0.3) is 0 Å². The summed E-state index contributed by atoms with van der Waals surface area (Å²) in [6, 6.07) is 12.1. The van der Waals surface area contributed by atoms with Gasteiger partial charge in [-0.3, -0.25) is 4.79 Å². The van der Waals surface area contributed by atoms with Crippen LogP contribution < -0.4 is 10.2 Å². The summed E-state index contributed by atoms with van der Waals surface area (Å²) in [5, 5.41) is 2.95. The summed E-state index contributed by atoms with van der Waals surface area (Å²) in [7, 11) is -0.334. The van der Waals surface area contributed by atoms with E-state index in [1.165, 1.54) is 25.2 Å². The molecule has 0 radical (unpaired) electrons. The lowest BCUT2D eigenvalue weighted by atomic mass is 10.2. The first-order valence-corrected chi connectivity index (χ1v) is 12.1. The zero-order valence-corrected chi connectivity index (χ0v) is 19.8. The molecular weight excluding hydrogens is 459 g/mol. The molecule has 0 aliphatic carbocycles. The Balaban J connectivity index is 1.54. The lowest BCUT2D eigenvalue weighted by Crippen LogP contribution is -2.44. The summed E-state index contributed by atoms with van der Waals surface area (Å²) in [5.74, 6) is -0.272. The summed E-state index contributed by atoms with van der Waals surface area (Å²) in [6.07, 6.45) is 0.00806. The van der Waals surface area contributed by atoms with Crippen LogP contribution in [0.5, 0.6) is 0 Å². The van der Waals surface area contributed by atoms with Crippen LogP contribution in [0, 0.1) is 0 Å². The quantitative estimate of drug-likeness (QED) is 0.651. The fourth-order valence-corrected chi connectivity index (χ4v) is 5.18. The van der Waals surface area contributed by atoms with E-state index in [2.05, 4.69) is 22.2 Å². The number of carbonyl (C=O) groups is 1. The summed E-state index contributed by atoms with van der Waals surface area (Å²) < 4.78 is 26.6. The zero-order chi connectivity index (χ0) is 22.6. The molecule has 1 fully saturated rings. The van der Waals surface area contributed by atoms with E-state index >= 15 is 0 Å². The number of hydrogen-bond donors (Lipinski definition) is 1. The molecule has 0 saturated carbocycles. The number of nitrogens with zero attached hydrogens (tertiary/aromatic N) is 3. The maximum atomic E-state index is 12.7. The van der Waals surface area contributed by atoms with E-state index in [0.29, 0.717) is 5.69 Å². The lowest BCUT2D eigenvalue weighted by molar-refractivity contribution is -0.116. The summed E-state index contributed by atoms with van der Waals surface area (Å²) in [4.78, 5) is 16.9. The van der Waals surface area contributed by atoms with Crippen molar-refractivity contribution in [2.24, 2.45) is 0 Å². The Bertz CT molecular complexity index is 1020. The van der Waals surface area contributed by atoms with Crippen molar-refractivity contribution in [1.29, 1.82) is 0 Å². The Labute approximate surface area is 193 Å². The first-order valence-electron chi connectivity index (χ1n) is 9.92. The Morgan fingerprint density at radius 2 is 1.71 bits per heavy atom. The average Bonchev–Trinajstić information content (AvgIpc) is 2.75.